The van der Waals surface area contributed by atoms with Crippen LogP contribution in [0.3, 0.4) is 0 Å². The minimum absolute atomic E-state index is 0.107. The van der Waals surface area contributed by atoms with Crippen molar-refractivity contribution in [1.82, 2.24) is 5.32 Å². The molecular weight excluding hydrogens is 164 g/mol. The standard InChI is InChI=1S/C10H18N2O/c1-3-5-6-8-12-10(13)9(11)7-4-2/h3-5,9H,2,6-8,11H2,1H3,(H,12,13)/b5-3+. The molecule has 0 radical (unpaired) electrons. The molecule has 0 rings (SSSR count). The summed E-state index contributed by atoms with van der Waals surface area (Å²) < 4.78 is 0. The topological polar surface area (TPSA) is 55.1 Å². The summed E-state index contributed by atoms with van der Waals surface area (Å²) in [7, 11) is 0. The van der Waals surface area contributed by atoms with Gasteiger partial charge >= 0.3 is 0 Å². The normalized spacial score (nSPS) is 12.8. The zero-order valence-electron chi connectivity index (χ0n) is 8.12. The second-order valence-electron chi connectivity index (χ2n) is 2.78. The van der Waals surface area contributed by atoms with Gasteiger partial charge in [0.1, 0.15) is 0 Å². The largest absolute Gasteiger partial charge is 0.354 e. The molecule has 0 fully saturated rings. The molecule has 0 bridgehead atoms. The Balaban J connectivity index is 3.55. The number of rotatable bonds is 6. The summed E-state index contributed by atoms with van der Waals surface area (Å²) in [6, 6.07) is -0.455. The highest BCUT2D eigenvalue weighted by Crippen LogP contribution is 1.89. The molecule has 0 heterocycles. The van der Waals surface area contributed by atoms with Crippen LogP contribution in [0.15, 0.2) is 24.8 Å². The first-order valence-corrected chi connectivity index (χ1v) is 4.47. The lowest BCUT2D eigenvalue weighted by molar-refractivity contribution is -0.122. The van der Waals surface area contributed by atoms with Gasteiger partial charge < -0.3 is 11.1 Å². The van der Waals surface area contributed by atoms with Crippen LogP contribution in [0.2, 0.25) is 0 Å². The zero-order chi connectivity index (χ0) is 10.1. The van der Waals surface area contributed by atoms with Gasteiger partial charge in [-0.3, -0.25) is 4.79 Å². The Labute approximate surface area is 79.7 Å². The summed E-state index contributed by atoms with van der Waals surface area (Å²) in [6.07, 6.45) is 6.98. The predicted molar refractivity (Wildman–Crippen MR) is 55.2 cm³/mol. The first-order valence-electron chi connectivity index (χ1n) is 4.47. The van der Waals surface area contributed by atoms with Crippen LogP contribution in [-0.2, 0) is 4.79 Å². The van der Waals surface area contributed by atoms with E-state index in [0.29, 0.717) is 13.0 Å². The van der Waals surface area contributed by atoms with E-state index in [9.17, 15) is 4.79 Å². The molecule has 0 spiro atoms. The Bertz CT molecular complexity index is 187. The number of hydrogen-bond donors (Lipinski definition) is 2. The molecule has 1 unspecified atom stereocenters. The lowest BCUT2D eigenvalue weighted by atomic mass is 10.2. The van der Waals surface area contributed by atoms with Crippen molar-refractivity contribution in [3.63, 3.8) is 0 Å². The Morgan fingerprint density at radius 2 is 2.38 bits per heavy atom. The summed E-state index contributed by atoms with van der Waals surface area (Å²) in [5.41, 5.74) is 5.54. The van der Waals surface area contributed by atoms with Crippen molar-refractivity contribution < 1.29 is 4.79 Å². The van der Waals surface area contributed by atoms with Crippen molar-refractivity contribution in [1.29, 1.82) is 0 Å². The van der Waals surface area contributed by atoms with Crippen LogP contribution < -0.4 is 11.1 Å². The summed E-state index contributed by atoms with van der Waals surface area (Å²) >= 11 is 0. The smallest absolute Gasteiger partial charge is 0.237 e. The fourth-order valence-corrected chi connectivity index (χ4v) is 0.863. The van der Waals surface area contributed by atoms with Crippen LogP contribution >= 0.6 is 0 Å². The average Bonchev–Trinajstić information content (AvgIpc) is 2.12. The number of nitrogens with one attached hydrogen (secondary N) is 1. The molecule has 0 aromatic heterocycles. The molecule has 0 aromatic rings. The van der Waals surface area contributed by atoms with E-state index in [-0.39, 0.29) is 5.91 Å². The first kappa shape index (κ1) is 11.9. The van der Waals surface area contributed by atoms with Crippen molar-refractivity contribution in [2.24, 2.45) is 5.73 Å². The third-order valence-corrected chi connectivity index (χ3v) is 1.60. The van der Waals surface area contributed by atoms with E-state index >= 15 is 0 Å². The van der Waals surface area contributed by atoms with Crippen LogP contribution in [0.5, 0.6) is 0 Å². The maximum Gasteiger partial charge on any atom is 0.237 e. The van der Waals surface area contributed by atoms with Gasteiger partial charge in [-0.2, -0.15) is 0 Å². The Hall–Kier alpha value is -1.09. The monoisotopic (exact) mass is 182 g/mol. The SMILES string of the molecule is C=CCC(N)C(=O)NCC/C=C/C. The van der Waals surface area contributed by atoms with Crippen LogP contribution in [0.4, 0.5) is 0 Å². The van der Waals surface area contributed by atoms with Crippen LogP contribution in [0, 0.1) is 0 Å². The summed E-state index contributed by atoms with van der Waals surface area (Å²) in [5.74, 6) is -0.107. The molecule has 3 N–H and O–H groups in total. The van der Waals surface area contributed by atoms with Crippen molar-refractivity contribution in [3.8, 4) is 0 Å². The molecule has 74 valence electrons. The van der Waals surface area contributed by atoms with Gasteiger partial charge in [-0.15, -0.1) is 6.58 Å². The van der Waals surface area contributed by atoms with E-state index < -0.39 is 6.04 Å². The van der Waals surface area contributed by atoms with Gasteiger partial charge in [0.25, 0.3) is 0 Å². The molecule has 0 aliphatic rings. The number of carbonyl (C=O) groups excluding carboxylic acids is 1. The molecule has 0 aromatic carbocycles. The third-order valence-electron chi connectivity index (χ3n) is 1.60. The molecule has 3 nitrogen and oxygen atoms in total. The van der Waals surface area contributed by atoms with Crippen LogP contribution in [-0.4, -0.2) is 18.5 Å². The van der Waals surface area contributed by atoms with Gasteiger partial charge in [0.05, 0.1) is 6.04 Å². The van der Waals surface area contributed by atoms with Crippen molar-refractivity contribution >= 4 is 5.91 Å². The predicted octanol–water partition coefficient (Wildman–Crippen LogP) is 0.972. The molecule has 0 saturated carbocycles. The van der Waals surface area contributed by atoms with Crippen molar-refractivity contribution in [2.75, 3.05) is 6.54 Å². The van der Waals surface area contributed by atoms with Crippen molar-refractivity contribution in [2.45, 2.75) is 25.8 Å². The van der Waals surface area contributed by atoms with Gasteiger partial charge in [-0.05, 0) is 19.8 Å². The fourth-order valence-electron chi connectivity index (χ4n) is 0.863. The van der Waals surface area contributed by atoms with E-state index in [2.05, 4.69) is 11.9 Å². The van der Waals surface area contributed by atoms with E-state index in [1.54, 1.807) is 6.08 Å². The molecular formula is C10H18N2O. The number of nitrogens with two attached hydrogens (primary N) is 1. The number of amides is 1. The Morgan fingerprint density at radius 3 is 2.92 bits per heavy atom. The highest BCUT2D eigenvalue weighted by Gasteiger charge is 2.09. The first-order chi connectivity index (χ1) is 6.22. The van der Waals surface area contributed by atoms with Gasteiger partial charge in [0.2, 0.25) is 5.91 Å². The van der Waals surface area contributed by atoms with Crippen molar-refractivity contribution in [3.05, 3.63) is 24.8 Å². The molecule has 0 aliphatic carbocycles. The van der Waals surface area contributed by atoms with Crippen LogP contribution in [0.1, 0.15) is 19.8 Å². The van der Waals surface area contributed by atoms with Gasteiger partial charge in [-0.25, -0.2) is 0 Å². The average molecular weight is 182 g/mol. The van der Waals surface area contributed by atoms with Gasteiger partial charge in [0, 0.05) is 6.54 Å². The lowest BCUT2D eigenvalue weighted by Gasteiger charge is -2.08. The Kier molecular flexibility index (Phi) is 6.92. The molecule has 0 saturated heterocycles. The molecule has 0 aliphatic heterocycles. The van der Waals surface area contributed by atoms with Gasteiger partial charge in [0.15, 0.2) is 0 Å². The van der Waals surface area contributed by atoms with Gasteiger partial charge in [-0.1, -0.05) is 18.2 Å². The molecule has 3 heteroatoms. The maximum atomic E-state index is 11.2. The molecule has 13 heavy (non-hydrogen) atoms. The summed E-state index contributed by atoms with van der Waals surface area (Å²) in [6.45, 7) is 6.12. The minimum Gasteiger partial charge on any atom is -0.354 e. The van der Waals surface area contributed by atoms with E-state index in [4.69, 9.17) is 5.73 Å². The molecule has 1 amide bonds. The maximum absolute atomic E-state index is 11.2. The van der Waals surface area contributed by atoms with E-state index in [0.717, 1.165) is 6.42 Å². The van der Waals surface area contributed by atoms with Crippen LogP contribution in [0.25, 0.3) is 0 Å². The zero-order valence-corrected chi connectivity index (χ0v) is 8.12. The van der Waals surface area contributed by atoms with E-state index in [1.165, 1.54) is 0 Å². The van der Waals surface area contributed by atoms with E-state index in [1.807, 2.05) is 19.1 Å². The minimum atomic E-state index is -0.455. The summed E-state index contributed by atoms with van der Waals surface area (Å²) in [4.78, 5) is 11.2. The molecule has 1 atom stereocenters. The second kappa shape index (κ2) is 7.55. The quantitative estimate of drug-likeness (QED) is 0.475. The highest BCUT2D eigenvalue weighted by molar-refractivity contribution is 5.81. The summed E-state index contributed by atoms with van der Waals surface area (Å²) in [5, 5.41) is 2.74. The lowest BCUT2D eigenvalue weighted by Crippen LogP contribution is -2.40. The Morgan fingerprint density at radius 1 is 1.69 bits per heavy atom. The fraction of sp³-hybridized carbons (Fsp3) is 0.500. The highest BCUT2D eigenvalue weighted by atomic mass is 16.2. The number of carbonyl (C=O) groups is 1. The third kappa shape index (κ3) is 6.11. The number of allylic oxidation sites excluding steroid dienone is 1. The number of hydrogen-bond acceptors (Lipinski definition) is 2. The second-order valence-corrected chi connectivity index (χ2v) is 2.78.